The van der Waals surface area contributed by atoms with Crippen molar-refractivity contribution in [1.82, 2.24) is 24.9 Å². The molecule has 124 valence electrons. The van der Waals surface area contributed by atoms with Gasteiger partial charge in [-0.1, -0.05) is 19.4 Å². The van der Waals surface area contributed by atoms with Gasteiger partial charge in [0.25, 0.3) is 0 Å². The molecule has 1 fully saturated rings. The van der Waals surface area contributed by atoms with Crippen molar-refractivity contribution >= 4 is 11.5 Å². The Hall–Kier alpha value is -2.47. The Morgan fingerprint density at radius 3 is 2.88 bits per heavy atom. The van der Waals surface area contributed by atoms with Gasteiger partial charge in [0, 0.05) is 55.4 Å². The number of aryl methyl sites for hydroxylation is 1. The number of pyridine rings is 1. The maximum absolute atomic E-state index is 4.91. The lowest BCUT2D eigenvalue weighted by atomic mass is 10.0. The number of nitrogens with one attached hydrogen (secondary N) is 1. The quantitative estimate of drug-likeness (QED) is 0.797. The van der Waals surface area contributed by atoms with Gasteiger partial charge in [0.1, 0.15) is 5.82 Å². The van der Waals surface area contributed by atoms with E-state index in [0.717, 1.165) is 67.3 Å². The third kappa shape index (κ3) is 2.73. The first-order valence-electron chi connectivity index (χ1n) is 8.61. The molecule has 1 N–H and O–H groups in total. The fraction of sp³-hybridized carbons (Fsp3) is 0.389. The molecular weight excluding hydrogens is 300 g/mol. The molecular formula is C18H22N6. The van der Waals surface area contributed by atoms with Crippen LogP contribution in [0.4, 0.5) is 5.82 Å². The summed E-state index contributed by atoms with van der Waals surface area (Å²) in [7, 11) is 0. The van der Waals surface area contributed by atoms with Crippen LogP contribution in [-0.2, 0) is 6.42 Å². The van der Waals surface area contributed by atoms with Crippen molar-refractivity contribution in [2.24, 2.45) is 0 Å². The summed E-state index contributed by atoms with van der Waals surface area (Å²) in [4.78, 5) is 11.8. The van der Waals surface area contributed by atoms with Gasteiger partial charge in [-0.3, -0.25) is 4.98 Å². The Balaban J connectivity index is 1.79. The van der Waals surface area contributed by atoms with Gasteiger partial charge in [-0.2, -0.15) is 5.10 Å². The van der Waals surface area contributed by atoms with Gasteiger partial charge in [-0.05, 0) is 18.6 Å². The molecule has 0 aliphatic carbocycles. The fourth-order valence-corrected chi connectivity index (χ4v) is 3.24. The molecule has 4 rings (SSSR count). The molecule has 3 aromatic rings. The van der Waals surface area contributed by atoms with Gasteiger partial charge in [0.2, 0.25) is 0 Å². The summed E-state index contributed by atoms with van der Waals surface area (Å²) < 4.78 is 1.85. The summed E-state index contributed by atoms with van der Waals surface area (Å²) in [6.07, 6.45) is 7.80. The van der Waals surface area contributed by atoms with Crippen LogP contribution in [0.3, 0.4) is 0 Å². The van der Waals surface area contributed by atoms with E-state index in [0.29, 0.717) is 0 Å². The maximum Gasteiger partial charge on any atom is 0.165 e. The average Bonchev–Trinajstić information content (AvgIpc) is 3.06. The van der Waals surface area contributed by atoms with Crippen molar-refractivity contribution in [1.29, 1.82) is 0 Å². The van der Waals surface area contributed by atoms with E-state index in [4.69, 9.17) is 4.98 Å². The van der Waals surface area contributed by atoms with Crippen LogP contribution >= 0.6 is 0 Å². The largest absolute Gasteiger partial charge is 0.354 e. The minimum atomic E-state index is 0.899. The summed E-state index contributed by atoms with van der Waals surface area (Å²) in [6, 6.07) is 6.15. The highest BCUT2D eigenvalue weighted by Gasteiger charge is 2.16. The molecule has 0 radical (unpaired) electrons. The van der Waals surface area contributed by atoms with Crippen molar-refractivity contribution in [3.8, 4) is 11.1 Å². The van der Waals surface area contributed by atoms with Crippen LogP contribution in [0.1, 0.15) is 19.0 Å². The number of rotatable bonds is 4. The van der Waals surface area contributed by atoms with Crippen LogP contribution in [0.2, 0.25) is 0 Å². The Kier molecular flexibility index (Phi) is 4.13. The van der Waals surface area contributed by atoms with Crippen molar-refractivity contribution in [3.63, 3.8) is 0 Å². The van der Waals surface area contributed by atoms with Gasteiger partial charge >= 0.3 is 0 Å². The van der Waals surface area contributed by atoms with Crippen molar-refractivity contribution in [3.05, 3.63) is 42.5 Å². The number of fused-ring (bicyclic) bond motifs is 1. The van der Waals surface area contributed by atoms with Crippen LogP contribution in [0, 0.1) is 0 Å². The van der Waals surface area contributed by atoms with E-state index in [2.05, 4.69) is 33.3 Å². The van der Waals surface area contributed by atoms with Gasteiger partial charge < -0.3 is 10.2 Å². The zero-order valence-electron chi connectivity index (χ0n) is 13.9. The Morgan fingerprint density at radius 2 is 2.04 bits per heavy atom. The summed E-state index contributed by atoms with van der Waals surface area (Å²) in [5.41, 5.74) is 4.21. The molecule has 0 aromatic carbocycles. The SMILES string of the molecule is CCCc1ncccc1-c1cnn2ccc(N3CCNCC3)nc12. The van der Waals surface area contributed by atoms with E-state index >= 15 is 0 Å². The fourth-order valence-electron chi connectivity index (χ4n) is 3.24. The Morgan fingerprint density at radius 1 is 1.17 bits per heavy atom. The monoisotopic (exact) mass is 322 g/mol. The number of aromatic nitrogens is 4. The second kappa shape index (κ2) is 6.57. The lowest BCUT2D eigenvalue weighted by Crippen LogP contribution is -2.43. The lowest BCUT2D eigenvalue weighted by Gasteiger charge is -2.28. The van der Waals surface area contributed by atoms with Crippen LogP contribution in [0.5, 0.6) is 0 Å². The maximum atomic E-state index is 4.91. The van der Waals surface area contributed by atoms with E-state index < -0.39 is 0 Å². The van der Waals surface area contributed by atoms with Crippen LogP contribution in [0.25, 0.3) is 16.8 Å². The molecule has 0 spiro atoms. The number of piperazine rings is 1. The molecule has 0 atom stereocenters. The summed E-state index contributed by atoms with van der Waals surface area (Å²) >= 11 is 0. The molecule has 1 aliphatic rings. The molecule has 0 bridgehead atoms. The minimum absolute atomic E-state index is 0.899. The average molecular weight is 322 g/mol. The molecule has 3 aromatic heterocycles. The Labute approximate surface area is 141 Å². The van der Waals surface area contributed by atoms with Crippen molar-refractivity contribution in [2.45, 2.75) is 19.8 Å². The second-order valence-electron chi connectivity index (χ2n) is 6.10. The molecule has 4 heterocycles. The second-order valence-corrected chi connectivity index (χ2v) is 6.10. The van der Waals surface area contributed by atoms with Gasteiger partial charge in [-0.25, -0.2) is 9.50 Å². The summed E-state index contributed by atoms with van der Waals surface area (Å²) in [5.74, 6) is 1.02. The Bertz CT molecular complexity index is 834. The molecule has 1 saturated heterocycles. The van der Waals surface area contributed by atoms with Gasteiger partial charge in [0.15, 0.2) is 5.65 Å². The number of anilines is 1. The smallest absolute Gasteiger partial charge is 0.165 e. The molecule has 24 heavy (non-hydrogen) atoms. The lowest BCUT2D eigenvalue weighted by molar-refractivity contribution is 0.585. The van der Waals surface area contributed by atoms with E-state index in [1.54, 1.807) is 0 Å². The van der Waals surface area contributed by atoms with Crippen molar-refractivity contribution in [2.75, 3.05) is 31.1 Å². The standard InChI is InChI=1S/C18H22N6/c1-2-4-16-14(5-3-7-20-16)15-13-21-24-10-6-17(22-18(15)24)23-11-8-19-9-12-23/h3,5-7,10,13,19H,2,4,8-9,11-12H2,1H3. The molecule has 0 saturated carbocycles. The van der Waals surface area contributed by atoms with Gasteiger partial charge in [0.05, 0.1) is 6.20 Å². The molecule has 0 amide bonds. The van der Waals surface area contributed by atoms with E-state index in [9.17, 15) is 0 Å². The first-order valence-corrected chi connectivity index (χ1v) is 8.61. The van der Waals surface area contributed by atoms with E-state index in [1.807, 2.05) is 35.2 Å². The summed E-state index contributed by atoms with van der Waals surface area (Å²) in [5, 5.41) is 7.86. The minimum Gasteiger partial charge on any atom is -0.354 e. The molecule has 6 nitrogen and oxygen atoms in total. The third-order valence-corrected chi connectivity index (χ3v) is 4.46. The first kappa shape index (κ1) is 15.1. The normalized spacial score (nSPS) is 15.1. The first-order chi connectivity index (χ1) is 11.9. The van der Waals surface area contributed by atoms with Crippen LogP contribution in [0.15, 0.2) is 36.8 Å². The van der Waals surface area contributed by atoms with E-state index in [-0.39, 0.29) is 0 Å². The van der Waals surface area contributed by atoms with Crippen LogP contribution in [-0.4, -0.2) is 45.8 Å². The topological polar surface area (TPSA) is 58.4 Å². The number of hydrogen-bond donors (Lipinski definition) is 1. The highest BCUT2D eigenvalue weighted by atomic mass is 15.3. The number of nitrogens with zero attached hydrogens (tertiary/aromatic N) is 5. The third-order valence-electron chi connectivity index (χ3n) is 4.46. The zero-order valence-corrected chi connectivity index (χ0v) is 13.9. The predicted octanol–water partition coefficient (Wildman–Crippen LogP) is 2.15. The molecule has 1 aliphatic heterocycles. The molecule has 0 unspecified atom stereocenters. The van der Waals surface area contributed by atoms with Crippen LogP contribution < -0.4 is 10.2 Å². The number of hydrogen-bond acceptors (Lipinski definition) is 5. The van der Waals surface area contributed by atoms with E-state index in [1.165, 1.54) is 0 Å². The zero-order chi connectivity index (χ0) is 16.4. The summed E-state index contributed by atoms with van der Waals surface area (Å²) in [6.45, 7) is 6.15. The highest BCUT2D eigenvalue weighted by Crippen LogP contribution is 2.27. The predicted molar refractivity (Wildman–Crippen MR) is 95.3 cm³/mol. The van der Waals surface area contributed by atoms with Crippen molar-refractivity contribution < 1.29 is 0 Å². The highest BCUT2D eigenvalue weighted by molar-refractivity contribution is 5.79. The van der Waals surface area contributed by atoms with Gasteiger partial charge in [-0.15, -0.1) is 0 Å². The molecule has 6 heteroatoms.